The third-order valence-corrected chi connectivity index (χ3v) is 1.29. The zero-order valence-corrected chi connectivity index (χ0v) is 5.62. The van der Waals surface area contributed by atoms with E-state index >= 15 is 0 Å². The van der Waals surface area contributed by atoms with Crippen molar-refractivity contribution in [1.29, 1.82) is 0 Å². The molecule has 0 spiro atoms. The van der Waals surface area contributed by atoms with Gasteiger partial charge in [0.25, 0.3) is 0 Å². The highest BCUT2D eigenvalue weighted by molar-refractivity contribution is 5.61. The molecule has 0 fully saturated rings. The molecule has 0 amide bonds. The molecule has 2 nitrogen and oxygen atoms in total. The van der Waals surface area contributed by atoms with Gasteiger partial charge in [0.15, 0.2) is 0 Å². The van der Waals surface area contributed by atoms with Crippen LogP contribution in [0.5, 0.6) is 0 Å². The summed E-state index contributed by atoms with van der Waals surface area (Å²) in [7, 11) is 0. The lowest BCUT2D eigenvalue weighted by Crippen LogP contribution is -1.98. The van der Waals surface area contributed by atoms with Gasteiger partial charge in [-0.15, -0.1) is 0 Å². The molecular formula is C8H10N2. The summed E-state index contributed by atoms with van der Waals surface area (Å²) in [6, 6.07) is 9.61. The van der Waals surface area contributed by atoms with E-state index < -0.39 is 0 Å². The Morgan fingerprint density at radius 2 is 1.80 bits per heavy atom. The minimum atomic E-state index is 0.612. The van der Waals surface area contributed by atoms with Crippen LogP contribution >= 0.6 is 0 Å². The van der Waals surface area contributed by atoms with E-state index in [2.05, 4.69) is 0 Å². The van der Waals surface area contributed by atoms with E-state index in [1.165, 1.54) is 6.20 Å². The highest BCUT2D eigenvalue weighted by atomic mass is 14.6. The fraction of sp³-hybridized carbons (Fsp3) is 0. The van der Waals surface area contributed by atoms with E-state index in [0.717, 1.165) is 5.56 Å². The van der Waals surface area contributed by atoms with Gasteiger partial charge in [-0.1, -0.05) is 30.3 Å². The number of hydrogen-bond acceptors (Lipinski definition) is 2. The number of nitrogens with two attached hydrogens (primary N) is 2. The van der Waals surface area contributed by atoms with Gasteiger partial charge in [-0.05, 0) is 5.56 Å². The van der Waals surface area contributed by atoms with Crippen molar-refractivity contribution in [3.8, 4) is 0 Å². The first-order valence-corrected chi connectivity index (χ1v) is 3.07. The Kier molecular flexibility index (Phi) is 1.95. The van der Waals surface area contributed by atoms with Crippen LogP contribution in [-0.2, 0) is 0 Å². The van der Waals surface area contributed by atoms with Crippen molar-refractivity contribution in [2.45, 2.75) is 0 Å². The summed E-state index contributed by atoms with van der Waals surface area (Å²) in [5.41, 5.74) is 12.3. The van der Waals surface area contributed by atoms with E-state index in [1.54, 1.807) is 0 Å². The van der Waals surface area contributed by atoms with Gasteiger partial charge in [0, 0.05) is 6.20 Å². The molecule has 0 saturated heterocycles. The SMILES string of the molecule is N/C=C(\N)c1ccccc1. The van der Waals surface area contributed by atoms with Crippen LogP contribution in [0.15, 0.2) is 36.5 Å². The minimum absolute atomic E-state index is 0.612. The maximum absolute atomic E-state index is 5.53. The molecule has 0 aliphatic rings. The third kappa shape index (κ3) is 1.29. The summed E-state index contributed by atoms with van der Waals surface area (Å²) in [5.74, 6) is 0. The lowest BCUT2D eigenvalue weighted by molar-refractivity contribution is 1.46. The Balaban J connectivity index is 2.96. The Labute approximate surface area is 60.2 Å². The van der Waals surface area contributed by atoms with Gasteiger partial charge in [-0.25, -0.2) is 0 Å². The molecule has 1 aromatic carbocycles. The van der Waals surface area contributed by atoms with Gasteiger partial charge in [0.05, 0.1) is 5.70 Å². The lowest BCUT2D eigenvalue weighted by Gasteiger charge is -1.97. The number of benzene rings is 1. The number of hydrogen-bond donors (Lipinski definition) is 2. The van der Waals surface area contributed by atoms with Crippen molar-refractivity contribution in [2.75, 3.05) is 0 Å². The summed E-state index contributed by atoms with van der Waals surface area (Å²) in [4.78, 5) is 0. The molecule has 0 atom stereocenters. The van der Waals surface area contributed by atoms with E-state index in [0.29, 0.717) is 5.70 Å². The Morgan fingerprint density at radius 3 is 2.30 bits per heavy atom. The smallest absolute Gasteiger partial charge is 0.0545 e. The van der Waals surface area contributed by atoms with E-state index in [1.807, 2.05) is 30.3 Å². The molecule has 0 radical (unpaired) electrons. The maximum atomic E-state index is 5.53. The van der Waals surface area contributed by atoms with Gasteiger partial charge >= 0.3 is 0 Å². The van der Waals surface area contributed by atoms with Crippen LogP contribution in [0.3, 0.4) is 0 Å². The number of rotatable bonds is 1. The van der Waals surface area contributed by atoms with Crippen molar-refractivity contribution in [1.82, 2.24) is 0 Å². The largest absolute Gasteiger partial charge is 0.403 e. The predicted molar refractivity (Wildman–Crippen MR) is 42.8 cm³/mol. The zero-order chi connectivity index (χ0) is 7.40. The van der Waals surface area contributed by atoms with Crippen LogP contribution in [0, 0.1) is 0 Å². The summed E-state index contributed by atoms with van der Waals surface area (Å²) in [6.07, 6.45) is 1.40. The topological polar surface area (TPSA) is 52.0 Å². The minimum Gasteiger partial charge on any atom is -0.403 e. The van der Waals surface area contributed by atoms with Crippen LogP contribution in [0.1, 0.15) is 5.56 Å². The van der Waals surface area contributed by atoms with Gasteiger partial charge in [0.2, 0.25) is 0 Å². The molecular weight excluding hydrogens is 124 g/mol. The molecule has 10 heavy (non-hydrogen) atoms. The van der Waals surface area contributed by atoms with Crippen molar-refractivity contribution < 1.29 is 0 Å². The van der Waals surface area contributed by atoms with Gasteiger partial charge in [0.1, 0.15) is 0 Å². The molecule has 0 aliphatic heterocycles. The average molecular weight is 134 g/mol. The summed E-state index contributed by atoms with van der Waals surface area (Å²) < 4.78 is 0. The lowest BCUT2D eigenvalue weighted by atomic mass is 10.2. The zero-order valence-electron chi connectivity index (χ0n) is 5.62. The highest BCUT2D eigenvalue weighted by Crippen LogP contribution is 2.04. The second-order valence-electron chi connectivity index (χ2n) is 1.99. The van der Waals surface area contributed by atoms with Gasteiger partial charge in [-0.2, -0.15) is 0 Å². The van der Waals surface area contributed by atoms with E-state index in [-0.39, 0.29) is 0 Å². The fourth-order valence-corrected chi connectivity index (χ4v) is 0.727. The molecule has 0 unspecified atom stereocenters. The molecule has 0 aliphatic carbocycles. The standard InChI is InChI=1S/C8H10N2/c9-6-8(10)7-4-2-1-3-5-7/h1-6H,9-10H2/b8-6-. The van der Waals surface area contributed by atoms with Crippen LogP contribution in [-0.4, -0.2) is 0 Å². The van der Waals surface area contributed by atoms with Gasteiger partial charge in [-0.3, -0.25) is 0 Å². The van der Waals surface area contributed by atoms with Gasteiger partial charge < -0.3 is 11.5 Å². The normalized spacial score (nSPS) is 11.4. The van der Waals surface area contributed by atoms with E-state index in [4.69, 9.17) is 11.5 Å². The predicted octanol–water partition coefficient (Wildman–Crippen LogP) is 0.902. The monoisotopic (exact) mass is 134 g/mol. The van der Waals surface area contributed by atoms with Crippen molar-refractivity contribution in [3.63, 3.8) is 0 Å². The highest BCUT2D eigenvalue weighted by Gasteiger charge is 1.90. The molecule has 2 heteroatoms. The summed E-state index contributed by atoms with van der Waals surface area (Å²) >= 11 is 0. The third-order valence-electron chi connectivity index (χ3n) is 1.29. The second-order valence-corrected chi connectivity index (χ2v) is 1.99. The molecule has 1 aromatic rings. The fourth-order valence-electron chi connectivity index (χ4n) is 0.727. The Bertz CT molecular complexity index is 226. The summed E-state index contributed by atoms with van der Waals surface area (Å²) in [6.45, 7) is 0. The second kappa shape index (κ2) is 2.92. The first kappa shape index (κ1) is 6.68. The molecule has 0 saturated carbocycles. The molecule has 0 heterocycles. The Morgan fingerprint density at radius 1 is 1.20 bits per heavy atom. The van der Waals surface area contributed by atoms with Crippen molar-refractivity contribution in [3.05, 3.63) is 42.1 Å². The van der Waals surface area contributed by atoms with E-state index in [9.17, 15) is 0 Å². The average Bonchev–Trinajstić information content (AvgIpc) is 2.05. The molecule has 4 N–H and O–H groups in total. The first-order valence-electron chi connectivity index (χ1n) is 3.07. The Hall–Kier alpha value is -1.44. The van der Waals surface area contributed by atoms with Crippen molar-refractivity contribution in [2.24, 2.45) is 11.5 Å². The first-order chi connectivity index (χ1) is 4.84. The quantitative estimate of drug-likeness (QED) is 0.599. The van der Waals surface area contributed by atoms with Crippen LogP contribution < -0.4 is 11.5 Å². The molecule has 52 valence electrons. The summed E-state index contributed by atoms with van der Waals surface area (Å²) in [5, 5.41) is 0. The van der Waals surface area contributed by atoms with Crippen LogP contribution in [0.2, 0.25) is 0 Å². The maximum Gasteiger partial charge on any atom is 0.0545 e. The molecule has 0 aromatic heterocycles. The van der Waals surface area contributed by atoms with Crippen molar-refractivity contribution >= 4 is 5.70 Å². The van der Waals surface area contributed by atoms with Crippen LogP contribution in [0.25, 0.3) is 5.70 Å². The van der Waals surface area contributed by atoms with Crippen LogP contribution in [0.4, 0.5) is 0 Å². The molecule has 0 bridgehead atoms. The molecule has 1 rings (SSSR count).